The Balaban J connectivity index is 1.33. The fourth-order valence-corrected chi connectivity index (χ4v) is 4.84. The van der Waals surface area contributed by atoms with Gasteiger partial charge in [0.1, 0.15) is 5.01 Å². The van der Waals surface area contributed by atoms with Crippen molar-refractivity contribution in [3.63, 3.8) is 0 Å². The molecule has 1 atom stereocenters. The summed E-state index contributed by atoms with van der Waals surface area (Å²) in [6.07, 6.45) is 9.15. The van der Waals surface area contributed by atoms with E-state index in [1.807, 2.05) is 70.4 Å². The molecule has 0 spiro atoms. The number of rotatable bonds is 4. The number of benzene rings is 2. The molecule has 0 saturated carbocycles. The molecule has 2 aromatic heterocycles. The van der Waals surface area contributed by atoms with Crippen LogP contribution in [0.1, 0.15) is 29.5 Å². The number of fused-ring (bicyclic) bond motifs is 1. The van der Waals surface area contributed by atoms with Crippen LogP contribution in [0.15, 0.2) is 73.1 Å². The molecule has 1 saturated heterocycles. The van der Waals surface area contributed by atoms with Crippen LogP contribution in [0.3, 0.4) is 0 Å². The van der Waals surface area contributed by atoms with Gasteiger partial charge in [0, 0.05) is 24.4 Å². The fraction of sp³-hybridized carbons (Fsp3) is 0.174. The Morgan fingerprint density at radius 2 is 1.93 bits per heavy atom. The van der Waals surface area contributed by atoms with Gasteiger partial charge in [0.2, 0.25) is 5.91 Å². The number of amides is 1. The molecule has 5 nitrogen and oxygen atoms in total. The van der Waals surface area contributed by atoms with Crippen molar-refractivity contribution < 1.29 is 4.79 Å². The second-order valence-corrected chi connectivity index (χ2v) is 8.16. The lowest BCUT2D eigenvalue weighted by molar-refractivity contribution is -0.126. The first-order valence-electron chi connectivity index (χ1n) is 9.72. The summed E-state index contributed by atoms with van der Waals surface area (Å²) in [7, 11) is 0. The molecule has 2 aromatic carbocycles. The monoisotopic (exact) mass is 400 g/mol. The van der Waals surface area contributed by atoms with Crippen LogP contribution >= 0.6 is 11.3 Å². The first kappa shape index (κ1) is 17.8. The first-order chi connectivity index (χ1) is 14.3. The fourth-order valence-electron chi connectivity index (χ4n) is 3.73. The molecule has 0 N–H and O–H groups in total. The summed E-state index contributed by atoms with van der Waals surface area (Å²) in [4.78, 5) is 19.6. The van der Waals surface area contributed by atoms with Crippen LogP contribution in [0.25, 0.3) is 22.0 Å². The highest BCUT2D eigenvalue weighted by molar-refractivity contribution is 7.18. The standard InChI is InChI=1S/C23H20N4OS/c28-22(13-12-17-15-24-27(16-17)18-7-2-1-3-8-18)26-14-6-10-20(26)23-25-19-9-4-5-11-21(19)29-23/h1-5,7-9,11-13,15-16,20H,6,10,14H2. The lowest BCUT2D eigenvalue weighted by Crippen LogP contribution is -2.28. The van der Waals surface area contributed by atoms with E-state index in [2.05, 4.69) is 11.2 Å². The molecule has 0 radical (unpaired) electrons. The predicted octanol–water partition coefficient (Wildman–Crippen LogP) is 4.86. The lowest BCUT2D eigenvalue weighted by atomic mass is 10.2. The Kier molecular flexibility index (Phi) is 4.69. The third-order valence-electron chi connectivity index (χ3n) is 5.17. The Morgan fingerprint density at radius 3 is 2.79 bits per heavy atom. The van der Waals surface area contributed by atoms with E-state index in [0.29, 0.717) is 0 Å². The van der Waals surface area contributed by atoms with E-state index >= 15 is 0 Å². The van der Waals surface area contributed by atoms with Crippen molar-refractivity contribution in [3.8, 4) is 5.69 Å². The number of aromatic nitrogens is 3. The quantitative estimate of drug-likeness (QED) is 0.460. The molecule has 0 aliphatic carbocycles. The average molecular weight is 401 g/mol. The number of hydrogen-bond acceptors (Lipinski definition) is 4. The van der Waals surface area contributed by atoms with Gasteiger partial charge < -0.3 is 4.90 Å². The Hall–Kier alpha value is -3.25. The Bertz CT molecular complexity index is 1140. The maximum Gasteiger partial charge on any atom is 0.247 e. The number of carbonyl (C=O) groups is 1. The molecule has 4 aromatic rings. The van der Waals surface area contributed by atoms with E-state index in [1.165, 1.54) is 4.70 Å². The van der Waals surface area contributed by atoms with Gasteiger partial charge in [-0.1, -0.05) is 30.3 Å². The highest BCUT2D eigenvalue weighted by atomic mass is 32.1. The van der Waals surface area contributed by atoms with Gasteiger partial charge >= 0.3 is 0 Å². The largest absolute Gasteiger partial charge is 0.330 e. The van der Waals surface area contributed by atoms with Gasteiger partial charge in [-0.05, 0) is 43.2 Å². The van der Waals surface area contributed by atoms with Crippen molar-refractivity contribution in [1.29, 1.82) is 0 Å². The molecule has 1 aliphatic heterocycles. The number of hydrogen-bond donors (Lipinski definition) is 0. The van der Waals surface area contributed by atoms with Gasteiger partial charge in [0.25, 0.3) is 0 Å². The first-order valence-corrected chi connectivity index (χ1v) is 10.5. The third-order valence-corrected chi connectivity index (χ3v) is 6.31. The van der Waals surface area contributed by atoms with Crippen LogP contribution < -0.4 is 0 Å². The molecule has 1 amide bonds. The van der Waals surface area contributed by atoms with Crippen LogP contribution in [-0.4, -0.2) is 32.1 Å². The molecule has 1 fully saturated rings. The number of likely N-dealkylation sites (tertiary alicyclic amines) is 1. The van der Waals surface area contributed by atoms with Gasteiger partial charge in [-0.3, -0.25) is 4.79 Å². The second-order valence-electron chi connectivity index (χ2n) is 7.10. The zero-order valence-corrected chi connectivity index (χ0v) is 16.6. The van der Waals surface area contributed by atoms with E-state index in [1.54, 1.807) is 23.6 Å². The number of thiazole rings is 1. The second kappa shape index (κ2) is 7.64. The molecule has 29 heavy (non-hydrogen) atoms. The highest BCUT2D eigenvalue weighted by Crippen LogP contribution is 2.36. The van der Waals surface area contributed by atoms with Crippen molar-refractivity contribution in [2.75, 3.05) is 6.54 Å². The van der Waals surface area contributed by atoms with Gasteiger partial charge in [-0.25, -0.2) is 9.67 Å². The minimum Gasteiger partial charge on any atom is -0.330 e. The van der Waals surface area contributed by atoms with Gasteiger partial charge in [0.05, 0.1) is 28.1 Å². The summed E-state index contributed by atoms with van der Waals surface area (Å²) in [5, 5.41) is 5.41. The van der Waals surface area contributed by atoms with Crippen LogP contribution in [0.5, 0.6) is 0 Å². The van der Waals surface area contributed by atoms with Gasteiger partial charge in [-0.15, -0.1) is 11.3 Å². The summed E-state index contributed by atoms with van der Waals surface area (Å²) in [6, 6.07) is 18.1. The zero-order chi connectivity index (χ0) is 19.6. The van der Waals surface area contributed by atoms with E-state index in [0.717, 1.165) is 41.2 Å². The van der Waals surface area contributed by atoms with Crippen molar-refractivity contribution >= 4 is 33.5 Å². The topological polar surface area (TPSA) is 51.0 Å². The highest BCUT2D eigenvalue weighted by Gasteiger charge is 2.31. The van der Waals surface area contributed by atoms with Crippen molar-refractivity contribution in [2.24, 2.45) is 0 Å². The number of carbonyl (C=O) groups excluding carboxylic acids is 1. The molecule has 3 heterocycles. The summed E-state index contributed by atoms with van der Waals surface area (Å²) in [5.74, 6) is 0.0271. The zero-order valence-electron chi connectivity index (χ0n) is 15.8. The normalized spacial score (nSPS) is 16.8. The molecule has 6 heteroatoms. The lowest BCUT2D eigenvalue weighted by Gasteiger charge is -2.21. The SMILES string of the molecule is O=C(C=Cc1cnn(-c2ccccc2)c1)N1CCCC1c1nc2ccccc2s1. The number of nitrogens with zero attached hydrogens (tertiary/aromatic N) is 4. The Labute approximate surface area is 172 Å². The molecule has 0 bridgehead atoms. The van der Waals surface area contributed by atoms with Gasteiger partial charge in [0.15, 0.2) is 0 Å². The summed E-state index contributed by atoms with van der Waals surface area (Å²) in [5.41, 5.74) is 2.91. The average Bonchev–Trinajstić information content (AvgIpc) is 3.51. The van der Waals surface area contributed by atoms with Crippen molar-refractivity contribution in [1.82, 2.24) is 19.7 Å². The number of para-hydroxylation sites is 2. The maximum atomic E-state index is 12.9. The van der Waals surface area contributed by atoms with E-state index < -0.39 is 0 Å². The summed E-state index contributed by atoms with van der Waals surface area (Å²) < 4.78 is 2.98. The molecule has 144 valence electrons. The molecular formula is C23H20N4OS. The third kappa shape index (κ3) is 3.59. The van der Waals surface area contributed by atoms with Crippen LogP contribution in [0, 0.1) is 0 Å². The molecular weight excluding hydrogens is 380 g/mol. The van der Waals surface area contributed by atoms with Crippen LogP contribution in [0.4, 0.5) is 0 Å². The molecule has 1 unspecified atom stereocenters. The van der Waals surface area contributed by atoms with Crippen LogP contribution in [0.2, 0.25) is 0 Å². The van der Waals surface area contributed by atoms with E-state index in [9.17, 15) is 4.79 Å². The van der Waals surface area contributed by atoms with Gasteiger partial charge in [-0.2, -0.15) is 5.10 Å². The van der Waals surface area contributed by atoms with Crippen molar-refractivity contribution in [3.05, 3.63) is 83.6 Å². The van der Waals surface area contributed by atoms with Crippen molar-refractivity contribution in [2.45, 2.75) is 18.9 Å². The van der Waals surface area contributed by atoms with Crippen LogP contribution in [-0.2, 0) is 4.79 Å². The van der Waals surface area contributed by atoms with E-state index in [-0.39, 0.29) is 11.9 Å². The Morgan fingerprint density at radius 1 is 1.10 bits per heavy atom. The predicted molar refractivity (Wildman–Crippen MR) is 116 cm³/mol. The van der Waals surface area contributed by atoms with E-state index in [4.69, 9.17) is 4.98 Å². The maximum absolute atomic E-state index is 12.9. The summed E-state index contributed by atoms with van der Waals surface area (Å²) >= 11 is 1.69. The molecule has 5 rings (SSSR count). The minimum atomic E-state index is 0.0271. The summed E-state index contributed by atoms with van der Waals surface area (Å²) in [6.45, 7) is 0.771. The minimum absolute atomic E-state index is 0.0271. The smallest absolute Gasteiger partial charge is 0.247 e. The molecule has 1 aliphatic rings.